The zero-order valence-corrected chi connectivity index (χ0v) is 20.3. The molecule has 0 spiro atoms. The summed E-state index contributed by atoms with van der Waals surface area (Å²) in [4.78, 5) is 22.3. The molecule has 5 rings (SSSR count). The first-order valence-electron chi connectivity index (χ1n) is 12.3. The van der Waals surface area contributed by atoms with E-state index in [1.807, 2.05) is 46.8 Å². The molecule has 0 saturated carbocycles. The Labute approximate surface area is 207 Å². The van der Waals surface area contributed by atoms with Gasteiger partial charge in [-0.05, 0) is 35.9 Å². The minimum absolute atomic E-state index is 0.115. The fraction of sp³-hybridized carbons (Fsp3) is 0.357. The smallest absolute Gasteiger partial charge is 0.270 e. The number of nitrogens with zero attached hydrogens (tertiary/aromatic N) is 6. The van der Waals surface area contributed by atoms with Crippen LogP contribution in [0.4, 0.5) is 11.4 Å². The Hall–Kier alpha value is -3.76. The van der Waals surface area contributed by atoms with Crippen LogP contribution >= 0.6 is 0 Å². The maximum atomic E-state index is 13.3. The number of piperazine rings is 2. The van der Waals surface area contributed by atoms with Crippen LogP contribution in [0.3, 0.4) is 0 Å². The molecular formula is C28H32N6O. The lowest BCUT2D eigenvalue weighted by atomic mass is 10.1. The predicted octanol–water partition coefficient (Wildman–Crippen LogP) is 3.18. The van der Waals surface area contributed by atoms with Gasteiger partial charge < -0.3 is 19.3 Å². The fourth-order valence-electron chi connectivity index (χ4n) is 5.15. The molecule has 2 fully saturated rings. The van der Waals surface area contributed by atoms with Gasteiger partial charge in [0, 0.05) is 77.8 Å². The average Bonchev–Trinajstić information content (AvgIpc) is 3.29. The zero-order chi connectivity index (χ0) is 24.2. The van der Waals surface area contributed by atoms with Crippen molar-refractivity contribution in [2.24, 2.45) is 7.05 Å². The second-order valence-electron chi connectivity index (χ2n) is 9.35. The van der Waals surface area contributed by atoms with Crippen LogP contribution < -0.4 is 9.80 Å². The molecule has 0 bridgehead atoms. The Morgan fingerprint density at radius 2 is 1.51 bits per heavy atom. The van der Waals surface area contributed by atoms with Crippen molar-refractivity contribution < 1.29 is 4.79 Å². The van der Waals surface area contributed by atoms with E-state index in [-0.39, 0.29) is 5.91 Å². The standard InChI is InChI=1S/C28H32N6O/c1-30-21-23(22-31-11-13-33(14-12-31)26-10-6-5-7-24(26)20-29)19-27(30)28(35)34-17-15-32(16-18-34)25-8-3-2-4-9-25/h2-10,19,21H,11-18,22H2,1H3. The summed E-state index contributed by atoms with van der Waals surface area (Å²) in [6.07, 6.45) is 2.09. The van der Waals surface area contributed by atoms with Crippen molar-refractivity contribution in [2.45, 2.75) is 6.54 Å². The topological polar surface area (TPSA) is 58.8 Å². The number of carbonyl (C=O) groups is 1. The number of aromatic nitrogens is 1. The van der Waals surface area contributed by atoms with Crippen LogP contribution in [0.1, 0.15) is 21.6 Å². The van der Waals surface area contributed by atoms with E-state index in [1.54, 1.807) is 0 Å². The van der Waals surface area contributed by atoms with Crippen molar-refractivity contribution in [1.82, 2.24) is 14.4 Å². The molecule has 1 amide bonds. The lowest BCUT2D eigenvalue weighted by Gasteiger charge is -2.36. The van der Waals surface area contributed by atoms with Crippen LogP contribution in [0.2, 0.25) is 0 Å². The zero-order valence-electron chi connectivity index (χ0n) is 20.3. The number of carbonyl (C=O) groups excluding carboxylic acids is 1. The molecule has 35 heavy (non-hydrogen) atoms. The Kier molecular flexibility index (Phi) is 6.73. The van der Waals surface area contributed by atoms with Gasteiger partial charge in [-0.25, -0.2) is 0 Å². The molecule has 0 N–H and O–H groups in total. The number of para-hydroxylation sites is 2. The lowest BCUT2D eigenvalue weighted by Crippen LogP contribution is -2.49. The van der Waals surface area contributed by atoms with E-state index in [0.717, 1.165) is 75.8 Å². The Morgan fingerprint density at radius 3 is 2.23 bits per heavy atom. The van der Waals surface area contributed by atoms with E-state index in [1.165, 1.54) is 11.3 Å². The summed E-state index contributed by atoms with van der Waals surface area (Å²) in [5.74, 6) is 0.115. The Morgan fingerprint density at radius 1 is 0.857 bits per heavy atom. The molecule has 0 unspecified atom stereocenters. The minimum atomic E-state index is 0.115. The van der Waals surface area contributed by atoms with E-state index < -0.39 is 0 Å². The molecule has 0 aliphatic carbocycles. The van der Waals surface area contributed by atoms with Gasteiger partial charge in [0.25, 0.3) is 5.91 Å². The summed E-state index contributed by atoms with van der Waals surface area (Å²) >= 11 is 0. The van der Waals surface area contributed by atoms with E-state index in [4.69, 9.17) is 0 Å². The molecule has 0 atom stereocenters. The largest absolute Gasteiger partial charge is 0.368 e. The van der Waals surface area contributed by atoms with Crippen LogP contribution in [0, 0.1) is 11.3 Å². The number of nitriles is 1. The molecule has 2 aliphatic rings. The van der Waals surface area contributed by atoms with E-state index >= 15 is 0 Å². The van der Waals surface area contributed by atoms with Crippen molar-refractivity contribution in [3.05, 3.63) is 83.7 Å². The number of rotatable bonds is 5. The summed E-state index contributed by atoms with van der Waals surface area (Å²) in [6, 6.07) is 22.6. The number of hydrogen-bond acceptors (Lipinski definition) is 5. The third-order valence-corrected chi connectivity index (χ3v) is 7.11. The van der Waals surface area contributed by atoms with Crippen molar-refractivity contribution in [2.75, 3.05) is 62.2 Å². The minimum Gasteiger partial charge on any atom is -0.368 e. The second-order valence-corrected chi connectivity index (χ2v) is 9.35. The molecule has 3 aromatic rings. The van der Waals surface area contributed by atoms with Gasteiger partial charge in [0.2, 0.25) is 0 Å². The van der Waals surface area contributed by atoms with Gasteiger partial charge in [-0.1, -0.05) is 30.3 Å². The van der Waals surface area contributed by atoms with Gasteiger partial charge in [-0.15, -0.1) is 0 Å². The van der Waals surface area contributed by atoms with Crippen LogP contribution in [-0.2, 0) is 13.6 Å². The quantitative estimate of drug-likeness (QED) is 0.576. The maximum Gasteiger partial charge on any atom is 0.270 e. The van der Waals surface area contributed by atoms with Crippen molar-refractivity contribution >= 4 is 17.3 Å². The summed E-state index contributed by atoms with van der Waals surface area (Å²) in [5.41, 5.74) is 4.91. The molecule has 2 aromatic carbocycles. The predicted molar refractivity (Wildman–Crippen MR) is 139 cm³/mol. The maximum absolute atomic E-state index is 13.3. The van der Waals surface area contributed by atoms with E-state index in [9.17, 15) is 10.1 Å². The lowest BCUT2D eigenvalue weighted by molar-refractivity contribution is 0.0737. The van der Waals surface area contributed by atoms with Crippen LogP contribution in [0.25, 0.3) is 0 Å². The van der Waals surface area contributed by atoms with E-state index in [0.29, 0.717) is 0 Å². The first-order valence-corrected chi connectivity index (χ1v) is 12.3. The molecule has 7 heteroatoms. The first kappa shape index (κ1) is 23.0. The number of benzene rings is 2. The first-order chi connectivity index (χ1) is 17.1. The normalized spacial score (nSPS) is 16.9. The molecule has 180 valence electrons. The molecule has 0 radical (unpaired) electrons. The third kappa shape index (κ3) is 5.03. The molecule has 7 nitrogen and oxygen atoms in total. The van der Waals surface area contributed by atoms with Crippen molar-refractivity contribution in [3.8, 4) is 6.07 Å². The molecule has 1 aromatic heterocycles. The van der Waals surface area contributed by atoms with Crippen molar-refractivity contribution in [3.63, 3.8) is 0 Å². The average molecular weight is 469 g/mol. The van der Waals surface area contributed by atoms with Gasteiger partial charge >= 0.3 is 0 Å². The van der Waals surface area contributed by atoms with Crippen LogP contribution in [-0.4, -0.2) is 72.6 Å². The second kappa shape index (κ2) is 10.2. The third-order valence-electron chi connectivity index (χ3n) is 7.11. The Balaban J connectivity index is 1.16. The summed E-state index contributed by atoms with van der Waals surface area (Å²) in [6.45, 7) is 7.65. The van der Waals surface area contributed by atoms with Gasteiger partial charge in [0.15, 0.2) is 0 Å². The number of anilines is 2. The number of hydrogen-bond donors (Lipinski definition) is 0. The summed E-state index contributed by atoms with van der Waals surface area (Å²) in [7, 11) is 1.97. The van der Waals surface area contributed by atoms with Crippen LogP contribution in [0.5, 0.6) is 0 Å². The van der Waals surface area contributed by atoms with Crippen molar-refractivity contribution in [1.29, 1.82) is 5.26 Å². The monoisotopic (exact) mass is 468 g/mol. The summed E-state index contributed by atoms with van der Waals surface area (Å²) < 4.78 is 1.97. The van der Waals surface area contributed by atoms with Gasteiger partial charge in [-0.3, -0.25) is 9.69 Å². The number of amides is 1. The fourth-order valence-corrected chi connectivity index (χ4v) is 5.15. The highest BCUT2D eigenvalue weighted by molar-refractivity contribution is 5.93. The number of aryl methyl sites for hydroxylation is 1. The SMILES string of the molecule is Cn1cc(CN2CCN(c3ccccc3C#N)CC2)cc1C(=O)N1CCN(c2ccccc2)CC1. The highest BCUT2D eigenvalue weighted by Crippen LogP contribution is 2.22. The van der Waals surface area contributed by atoms with Gasteiger partial charge in [-0.2, -0.15) is 5.26 Å². The van der Waals surface area contributed by atoms with Gasteiger partial charge in [0.05, 0.1) is 11.3 Å². The highest BCUT2D eigenvalue weighted by atomic mass is 16.2. The van der Waals surface area contributed by atoms with Gasteiger partial charge in [0.1, 0.15) is 11.8 Å². The molecular weight excluding hydrogens is 436 g/mol. The molecule has 2 saturated heterocycles. The summed E-state index contributed by atoms with van der Waals surface area (Å²) in [5, 5.41) is 9.41. The molecule has 2 aliphatic heterocycles. The van der Waals surface area contributed by atoms with Crippen LogP contribution in [0.15, 0.2) is 66.9 Å². The van der Waals surface area contributed by atoms with E-state index in [2.05, 4.69) is 57.3 Å². The Bertz CT molecular complexity index is 1200. The highest BCUT2D eigenvalue weighted by Gasteiger charge is 2.25. The molecule has 3 heterocycles.